The minimum absolute atomic E-state index is 0.0147. The van der Waals surface area contributed by atoms with Crippen LogP contribution in [0.4, 0.5) is 0 Å². The lowest BCUT2D eigenvalue weighted by Crippen LogP contribution is -2.33. The summed E-state index contributed by atoms with van der Waals surface area (Å²) in [5.41, 5.74) is 0. The second-order valence-electron chi connectivity index (χ2n) is 4.32. The molecule has 0 aliphatic rings. The predicted octanol–water partition coefficient (Wildman–Crippen LogP) is 2.55. The van der Waals surface area contributed by atoms with Gasteiger partial charge in [0, 0.05) is 11.1 Å². The van der Waals surface area contributed by atoms with Gasteiger partial charge in [0.15, 0.2) is 6.61 Å². The van der Waals surface area contributed by atoms with Gasteiger partial charge in [-0.15, -0.1) is 0 Å². The lowest BCUT2D eigenvalue weighted by atomic mass is 10.2. The summed E-state index contributed by atoms with van der Waals surface area (Å²) in [5.74, 6) is 0.0575. The van der Waals surface area contributed by atoms with Crippen LogP contribution in [-0.4, -0.2) is 29.9 Å². The maximum Gasteiger partial charge on any atom is 0.251 e. The molecule has 5 nitrogen and oxygen atoms in total. The summed E-state index contributed by atoms with van der Waals surface area (Å²) in [7, 11) is 0. The standard InChI is InChI=1S/C16H12ClO5/c17-11-4-6-13(7-5-11)22-16(9-18)15(20)10-21-14-3-1-2-12(19)8-14/h1-8,16,19H,10H2. The summed E-state index contributed by atoms with van der Waals surface area (Å²) in [5, 5.41) is 9.80. The molecule has 0 heterocycles. The van der Waals surface area contributed by atoms with Gasteiger partial charge in [-0.25, -0.2) is 0 Å². The smallest absolute Gasteiger partial charge is 0.251 e. The van der Waals surface area contributed by atoms with Gasteiger partial charge in [0.2, 0.25) is 11.9 Å². The number of hydrogen-bond acceptors (Lipinski definition) is 5. The van der Waals surface area contributed by atoms with Crippen LogP contribution >= 0.6 is 11.6 Å². The van der Waals surface area contributed by atoms with Gasteiger partial charge < -0.3 is 14.6 Å². The first-order valence-electron chi connectivity index (χ1n) is 6.33. The van der Waals surface area contributed by atoms with Crippen LogP contribution in [0.5, 0.6) is 17.2 Å². The molecule has 0 aliphatic heterocycles. The molecule has 0 bridgehead atoms. The lowest BCUT2D eigenvalue weighted by Gasteiger charge is -2.12. The zero-order valence-corrected chi connectivity index (χ0v) is 12.1. The van der Waals surface area contributed by atoms with E-state index in [0.717, 1.165) is 0 Å². The molecule has 113 valence electrons. The van der Waals surface area contributed by atoms with E-state index in [4.69, 9.17) is 21.1 Å². The highest BCUT2D eigenvalue weighted by molar-refractivity contribution is 6.30. The fourth-order valence-electron chi connectivity index (χ4n) is 1.61. The first-order valence-corrected chi connectivity index (χ1v) is 6.71. The van der Waals surface area contributed by atoms with Crippen molar-refractivity contribution < 1.29 is 24.2 Å². The second-order valence-corrected chi connectivity index (χ2v) is 4.76. The second kappa shape index (κ2) is 7.47. The van der Waals surface area contributed by atoms with Crippen molar-refractivity contribution in [2.75, 3.05) is 6.61 Å². The topological polar surface area (TPSA) is 72.8 Å². The molecule has 0 amide bonds. The number of halogens is 1. The van der Waals surface area contributed by atoms with Crippen molar-refractivity contribution in [1.29, 1.82) is 0 Å². The van der Waals surface area contributed by atoms with Crippen LogP contribution in [-0.2, 0) is 9.59 Å². The Kier molecular flexibility index (Phi) is 5.38. The highest BCUT2D eigenvalue weighted by Crippen LogP contribution is 2.19. The first kappa shape index (κ1) is 15.9. The van der Waals surface area contributed by atoms with Gasteiger partial charge in [-0.3, -0.25) is 9.59 Å². The third-order valence-electron chi connectivity index (χ3n) is 2.67. The van der Waals surface area contributed by atoms with E-state index in [1.165, 1.54) is 30.6 Å². The number of benzene rings is 2. The molecule has 0 fully saturated rings. The molecule has 0 spiro atoms. The van der Waals surface area contributed by atoms with E-state index in [1.54, 1.807) is 24.3 Å². The third-order valence-corrected chi connectivity index (χ3v) is 2.92. The molecular formula is C16H12ClO5. The Morgan fingerprint density at radius 1 is 1.18 bits per heavy atom. The van der Waals surface area contributed by atoms with E-state index in [9.17, 15) is 14.7 Å². The molecule has 2 aromatic carbocycles. The third kappa shape index (κ3) is 4.49. The number of ether oxygens (including phenoxy) is 2. The van der Waals surface area contributed by atoms with Crippen molar-refractivity contribution >= 4 is 23.7 Å². The van der Waals surface area contributed by atoms with Crippen LogP contribution in [0.1, 0.15) is 0 Å². The average Bonchev–Trinajstić information content (AvgIpc) is 2.52. The number of aromatic hydroxyl groups is 1. The summed E-state index contributed by atoms with van der Waals surface area (Å²) in [6.45, 7) is -0.378. The number of Topliss-reactive ketones (excluding diaryl/α,β-unsaturated/α-hetero) is 1. The van der Waals surface area contributed by atoms with Crippen molar-refractivity contribution in [3.63, 3.8) is 0 Å². The number of phenols is 1. The Morgan fingerprint density at radius 2 is 1.91 bits per heavy atom. The molecule has 2 rings (SSSR count). The summed E-state index contributed by atoms with van der Waals surface area (Å²) in [6, 6.07) is 12.2. The molecule has 0 aliphatic carbocycles. The molecular weight excluding hydrogens is 308 g/mol. The van der Waals surface area contributed by atoms with E-state index < -0.39 is 11.9 Å². The van der Waals surface area contributed by atoms with Gasteiger partial charge in [-0.2, -0.15) is 0 Å². The van der Waals surface area contributed by atoms with Crippen LogP contribution < -0.4 is 9.47 Å². The van der Waals surface area contributed by atoms with E-state index in [-0.39, 0.29) is 12.4 Å². The molecule has 22 heavy (non-hydrogen) atoms. The van der Waals surface area contributed by atoms with Crippen molar-refractivity contribution in [1.82, 2.24) is 0 Å². The summed E-state index contributed by atoms with van der Waals surface area (Å²) >= 11 is 5.73. The minimum atomic E-state index is -1.39. The van der Waals surface area contributed by atoms with Crippen LogP contribution in [0.3, 0.4) is 0 Å². The molecule has 1 unspecified atom stereocenters. The quantitative estimate of drug-likeness (QED) is 0.794. The zero-order chi connectivity index (χ0) is 15.9. The Bertz CT molecular complexity index is 654. The molecule has 2 aromatic rings. The minimum Gasteiger partial charge on any atom is -0.508 e. The highest BCUT2D eigenvalue weighted by atomic mass is 35.5. The fraction of sp³-hybridized carbons (Fsp3) is 0.125. The Labute approximate surface area is 132 Å². The van der Waals surface area contributed by atoms with Crippen LogP contribution in [0, 0.1) is 0 Å². The summed E-state index contributed by atoms with van der Waals surface area (Å²) < 4.78 is 10.4. The number of carbonyl (C=O) groups excluding carboxylic acids is 2. The van der Waals surface area contributed by atoms with Crippen LogP contribution in [0.2, 0.25) is 5.02 Å². The van der Waals surface area contributed by atoms with Crippen LogP contribution in [0.15, 0.2) is 48.5 Å². The van der Waals surface area contributed by atoms with Crippen LogP contribution in [0.25, 0.3) is 0 Å². The first-order chi connectivity index (χ1) is 10.6. The Hall–Kier alpha value is -2.53. The monoisotopic (exact) mass is 319 g/mol. The van der Waals surface area contributed by atoms with E-state index >= 15 is 0 Å². The fourth-order valence-corrected chi connectivity index (χ4v) is 1.73. The van der Waals surface area contributed by atoms with E-state index in [0.29, 0.717) is 16.5 Å². The summed E-state index contributed by atoms with van der Waals surface area (Å²) in [4.78, 5) is 22.8. The van der Waals surface area contributed by atoms with Gasteiger partial charge in [-0.05, 0) is 36.4 Å². The largest absolute Gasteiger partial charge is 0.508 e. The molecule has 0 aromatic heterocycles. The molecule has 0 saturated heterocycles. The Morgan fingerprint density at radius 3 is 2.55 bits per heavy atom. The van der Waals surface area contributed by atoms with Crippen molar-refractivity contribution in [3.05, 3.63) is 53.6 Å². The number of phenolic OH excluding ortho intramolecular Hbond substituents is 1. The lowest BCUT2D eigenvalue weighted by molar-refractivity contribution is -0.125. The normalized spacial score (nSPS) is 11.5. The predicted molar refractivity (Wildman–Crippen MR) is 80.2 cm³/mol. The molecule has 1 radical (unpaired) electrons. The highest BCUT2D eigenvalue weighted by Gasteiger charge is 2.21. The number of hydrogen-bond donors (Lipinski definition) is 1. The van der Waals surface area contributed by atoms with Gasteiger partial charge >= 0.3 is 0 Å². The molecule has 1 N–H and O–H groups in total. The zero-order valence-electron chi connectivity index (χ0n) is 11.4. The van der Waals surface area contributed by atoms with Gasteiger partial charge in [0.1, 0.15) is 17.2 Å². The van der Waals surface area contributed by atoms with Gasteiger partial charge in [0.25, 0.3) is 6.29 Å². The average molecular weight is 320 g/mol. The maximum atomic E-state index is 11.9. The Balaban J connectivity index is 1.94. The van der Waals surface area contributed by atoms with E-state index in [2.05, 4.69) is 0 Å². The van der Waals surface area contributed by atoms with Crippen molar-refractivity contribution in [2.45, 2.75) is 6.10 Å². The molecule has 1 atom stereocenters. The van der Waals surface area contributed by atoms with Crippen molar-refractivity contribution in [3.8, 4) is 17.2 Å². The number of ketones is 1. The molecule has 0 saturated carbocycles. The number of rotatable bonds is 7. The summed E-state index contributed by atoms with van der Waals surface area (Å²) in [6.07, 6.45) is 0.138. The van der Waals surface area contributed by atoms with Gasteiger partial charge in [0.05, 0.1) is 0 Å². The van der Waals surface area contributed by atoms with E-state index in [1.807, 2.05) is 0 Å². The van der Waals surface area contributed by atoms with Gasteiger partial charge in [-0.1, -0.05) is 17.7 Å². The molecule has 6 heteroatoms. The SMILES string of the molecule is O=[C]C(Oc1ccc(Cl)cc1)C(=O)COc1cccc(O)c1. The maximum absolute atomic E-state index is 11.9. The van der Waals surface area contributed by atoms with Crippen molar-refractivity contribution in [2.24, 2.45) is 0 Å². The number of carbonyl (C=O) groups is 1.